The van der Waals surface area contributed by atoms with Gasteiger partial charge < -0.3 is 20.0 Å². The van der Waals surface area contributed by atoms with Gasteiger partial charge in [-0.2, -0.15) is 0 Å². The number of anilines is 3. The van der Waals surface area contributed by atoms with Gasteiger partial charge in [0, 0.05) is 47.8 Å². The summed E-state index contributed by atoms with van der Waals surface area (Å²) >= 11 is 0. The Balaban J connectivity index is 1.53. The first-order valence-corrected chi connectivity index (χ1v) is 12.4. The molecule has 0 amide bonds. The van der Waals surface area contributed by atoms with E-state index in [4.69, 9.17) is 24.7 Å². The number of nitrogens with zero attached hydrogens (tertiary/aromatic N) is 6. The quantitative estimate of drug-likeness (QED) is 0.522. The zero-order valence-corrected chi connectivity index (χ0v) is 21.0. The van der Waals surface area contributed by atoms with Crippen molar-refractivity contribution in [2.24, 2.45) is 0 Å². The first-order valence-electron chi connectivity index (χ1n) is 12.4. The van der Waals surface area contributed by atoms with Crippen LogP contribution in [-0.2, 0) is 17.7 Å². The fraction of sp³-hybridized carbons (Fsp3) is 0.462. The minimum Gasteiger partial charge on any atom is -0.377 e. The van der Waals surface area contributed by atoms with E-state index in [0.29, 0.717) is 19.8 Å². The van der Waals surface area contributed by atoms with Crippen LogP contribution in [0.2, 0.25) is 0 Å². The van der Waals surface area contributed by atoms with Gasteiger partial charge in [0.2, 0.25) is 5.95 Å². The highest BCUT2D eigenvalue weighted by Crippen LogP contribution is 2.32. The van der Waals surface area contributed by atoms with Crippen molar-refractivity contribution in [1.29, 1.82) is 0 Å². The number of nitrogens with one attached hydrogen (secondary N) is 2. The molecule has 2 aliphatic rings. The van der Waals surface area contributed by atoms with Gasteiger partial charge in [-0.1, -0.05) is 6.92 Å². The van der Waals surface area contributed by atoms with Gasteiger partial charge in [0.25, 0.3) is 0 Å². The third-order valence-corrected chi connectivity index (χ3v) is 6.49. The molecule has 1 unspecified atom stereocenters. The van der Waals surface area contributed by atoms with Crippen LogP contribution in [0.3, 0.4) is 0 Å². The first kappa shape index (κ1) is 23.4. The van der Waals surface area contributed by atoms with E-state index >= 15 is 0 Å². The minimum absolute atomic E-state index is 0.267. The number of aromatic nitrogens is 4. The number of rotatable bonds is 6. The topological polar surface area (TPSA) is 91.3 Å². The van der Waals surface area contributed by atoms with E-state index in [-0.39, 0.29) is 6.04 Å². The van der Waals surface area contributed by atoms with Crippen molar-refractivity contribution < 1.29 is 4.74 Å². The number of ether oxygens (including phenoxy) is 1. The van der Waals surface area contributed by atoms with Crippen LogP contribution in [-0.4, -0.2) is 58.8 Å². The second-order valence-electron chi connectivity index (χ2n) is 9.27. The number of fused-ring (bicyclic) bond motifs is 1. The molecule has 9 heteroatoms. The van der Waals surface area contributed by atoms with Gasteiger partial charge in [-0.15, -0.1) is 0 Å². The molecule has 0 aliphatic carbocycles. The van der Waals surface area contributed by atoms with Crippen LogP contribution >= 0.6 is 0 Å². The van der Waals surface area contributed by atoms with Crippen molar-refractivity contribution >= 4 is 17.5 Å². The number of morpholine rings is 1. The number of hydrogen-bond donors (Lipinski definition) is 2. The molecule has 35 heavy (non-hydrogen) atoms. The van der Waals surface area contributed by atoms with Crippen LogP contribution in [0.1, 0.15) is 36.5 Å². The zero-order valence-electron chi connectivity index (χ0n) is 21.0. The average Bonchev–Trinajstić information content (AvgIpc) is 2.86. The van der Waals surface area contributed by atoms with Gasteiger partial charge in [-0.25, -0.2) is 25.4 Å². The lowest BCUT2D eigenvalue weighted by Gasteiger charge is -2.38. The van der Waals surface area contributed by atoms with Crippen molar-refractivity contribution in [3.63, 3.8) is 0 Å². The van der Waals surface area contributed by atoms with E-state index < -0.39 is 0 Å². The summed E-state index contributed by atoms with van der Waals surface area (Å²) in [4.78, 5) is 24.2. The van der Waals surface area contributed by atoms with E-state index in [1.165, 1.54) is 5.56 Å². The molecule has 3 aromatic rings. The molecule has 0 radical (unpaired) electrons. The highest BCUT2D eigenvalue weighted by Gasteiger charge is 2.29. The van der Waals surface area contributed by atoms with E-state index in [1.807, 2.05) is 32.0 Å². The molecule has 2 aromatic heterocycles. The van der Waals surface area contributed by atoms with Gasteiger partial charge >= 0.3 is 0 Å². The first-order chi connectivity index (χ1) is 17.0. The number of aryl methyl sites for hydroxylation is 2. The molecule has 4 heterocycles. The summed E-state index contributed by atoms with van der Waals surface area (Å²) in [5.41, 5.74) is 12.6. The second-order valence-corrected chi connectivity index (χ2v) is 9.27. The molecule has 1 saturated heterocycles. The summed E-state index contributed by atoms with van der Waals surface area (Å²) in [5.74, 6) is 2.56. The predicted octanol–water partition coefficient (Wildman–Crippen LogP) is 3.27. The van der Waals surface area contributed by atoms with Gasteiger partial charge in [0.15, 0.2) is 5.82 Å². The van der Waals surface area contributed by atoms with Crippen LogP contribution in [0.5, 0.6) is 0 Å². The maximum Gasteiger partial charge on any atom is 0.226 e. The van der Waals surface area contributed by atoms with Gasteiger partial charge in [-0.3, -0.25) is 0 Å². The molecular weight excluding hydrogens is 440 g/mol. The van der Waals surface area contributed by atoms with E-state index in [1.54, 1.807) is 0 Å². The van der Waals surface area contributed by atoms with Crippen LogP contribution in [0.4, 0.5) is 17.5 Å². The predicted molar refractivity (Wildman–Crippen MR) is 139 cm³/mol. The third-order valence-electron chi connectivity index (χ3n) is 6.49. The average molecular weight is 475 g/mol. The highest BCUT2D eigenvalue weighted by atomic mass is 16.5. The summed E-state index contributed by atoms with van der Waals surface area (Å²) in [7, 11) is 0. The molecule has 0 spiro atoms. The molecule has 2 N–H and O–H groups in total. The SMILES string of the molecule is CCNNc1ccc(-c2nc3c(c(N4CCOCC4C)n2)CCN(c2nc(C)cc(C)n2)C3)cc1. The highest BCUT2D eigenvalue weighted by molar-refractivity contribution is 5.64. The third kappa shape index (κ3) is 5.06. The number of hydrogen-bond acceptors (Lipinski definition) is 9. The molecule has 1 fully saturated rings. The van der Waals surface area contributed by atoms with Gasteiger partial charge in [0.1, 0.15) is 5.82 Å². The molecule has 9 nitrogen and oxygen atoms in total. The van der Waals surface area contributed by atoms with E-state index in [2.05, 4.69) is 46.6 Å². The fourth-order valence-corrected chi connectivity index (χ4v) is 4.73. The number of hydrazine groups is 1. The summed E-state index contributed by atoms with van der Waals surface area (Å²) in [6.45, 7) is 12.9. The maximum atomic E-state index is 5.71. The smallest absolute Gasteiger partial charge is 0.226 e. The normalized spacial score (nSPS) is 17.9. The van der Waals surface area contributed by atoms with Crippen molar-refractivity contribution in [3.05, 3.63) is 53.0 Å². The molecule has 1 aromatic carbocycles. The summed E-state index contributed by atoms with van der Waals surface area (Å²) < 4.78 is 5.71. The van der Waals surface area contributed by atoms with Gasteiger partial charge in [-0.05, 0) is 57.5 Å². The molecule has 5 rings (SSSR count). The Bertz CT molecular complexity index is 1160. The summed E-state index contributed by atoms with van der Waals surface area (Å²) in [6, 6.07) is 10.5. The monoisotopic (exact) mass is 474 g/mol. The molecule has 2 aliphatic heterocycles. The molecule has 1 atom stereocenters. The maximum absolute atomic E-state index is 5.71. The Morgan fingerprint density at radius 1 is 1.03 bits per heavy atom. The fourth-order valence-electron chi connectivity index (χ4n) is 4.73. The number of benzene rings is 1. The largest absolute Gasteiger partial charge is 0.377 e. The van der Waals surface area contributed by atoms with Crippen molar-refractivity contribution in [2.75, 3.05) is 48.1 Å². The Labute approximate surface area is 206 Å². The summed E-state index contributed by atoms with van der Waals surface area (Å²) in [5, 5.41) is 0. The molecule has 184 valence electrons. The van der Waals surface area contributed by atoms with Crippen LogP contribution in [0.15, 0.2) is 30.3 Å². The Morgan fingerprint density at radius 3 is 2.51 bits per heavy atom. The van der Waals surface area contributed by atoms with Crippen LogP contribution < -0.4 is 20.7 Å². The minimum atomic E-state index is 0.267. The molecule has 0 saturated carbocycles. The summed E-state index contributed by atoms with van der Waals surface area (Å²) in [6.07, 6.45) is 0.858. The Kier molecular flexibility index (Phi) is 6.79. The van der Waals surface area contributed by atoms with Crippen molar-refractivity contribution in [1.82, 2.24) is 25.4 Å². The lowest BCUT2D eigenvalue weighted by Crippen LogP contribution is -2.45. The van der Waals surface area contributed by atoms with Crippen LogP contribution in [0, 0.1) is 13.8 Å². The Hall–Kier alpha value is -3.30. The zero-order chi connectivity index (χ0) is 24.4. The van der Waals surface area contributed by atoms with Crippen molar-refractivity contribution in [2.45, 2.75) is 46.7 Å². The molecule has 0 bridgehead atoms. The van der Waals surface area contributed by atoms with Crippen molar-refractivity contribution in [3.8, 4) is 11.4 Å². The standard InChI is InChI=1S/C26H34N8O/c1-5-27-32-21-8-6-20(7-9-21)24-30-23-15-33(26-28-17(2)14-18(3)29-26)11-10-22(23)25(31-24)34-12-13-35-16-19(34)4/h6-9,14,19,27,32H,5,10-13,15-16H2,1-4H3. The van der Waals surface area contributed by atoms with E-state index in [9.17, 15) is 0 Å². The van der Waals surface area contributed by atoms with Crippen LogP contribution in [0.25, 0.3) is 11.4 Å². The lowest BCUT2D eigenvalue weighted by atomic mass is 10.0. The van der Waals surface area contributed by atoms with E-state index in [0.717, 1.165) is 72.0 Å². The van der Waals surface area contributed by atoms with Gasteiger partial charge in [0.05, 0.1) is 31.5 Å². The molecular formula is C26H34N8O. The second kappa shape index (κ2) is 10.1. The Morgan fingerprint density at radius 2 is 1.80 bits per heavy atom. The lowest BCUT2D eigenvalue weighted by molar-refractivity contribution is 0.0984.